The van der Waals surface area contributed by atoms with E-state index in [1.165, 1.54) is 16.7 Å². The van der Waals surface area contributed by atoms with Crippen LogP contribution in [-0.4, -0.2) is 14.5 Å². The van der Waals surface area contributed by atoms with Gasteiger partial charge in [0.1, 0.15) is 12.1 Å². The molecule has 1 aliphatic carbocycles. The van der Waals surface area contributed by atoms with Crippen molar-refractivity contribution in [1.82, 2.24) is 14.5 Å². The van der Waals surface area contributed by atoms with Gasteiger partial charge in [0.15, 0.2) is 0 Å². The van der Waals surface area contributed by atoms with Gasteiger partial charge in [-0.2, -0.15) is 10.5 Å². The number of aromatic nitrogens is 3. The summed E-state index contributed by atoms with van der Waals surface area (Å²) >= 11 is 0. The molecule has 5 nitrogen and oxygen atoms in total. The Hall–Kier alpha value is -5.00. The maximum atomic E-state index is 10.2. The molecule has 0 saturated carbocycles. The van der Waals surface area contributed by atoms with Crippen LogP contribution in [0, 0.1) is 28.1 Å². The van der Waals surface area contributed by atoms with Crippen LogP contribution in [-0.2, 0) is 0 Å². The summed E-state index contributed by atoms with van der Waals surface area (Å²) in [7, 11) is 0. The van der Waals surface area contributed by atoms with Gasteiger partial charge in [0, 0.05) is 34.6 Å². The Morgan fingerprint density at radius 3 is 2.28 bits per heavy atom. The first-order valence-electron chi connectivity index (χ1n) is 13.0. The van der Waals surface area contributed by atoms with Crippen LogP contribution >= 0.6 is 0 Å². The third-order valence-electron chi connectivity index (χ3n) is 7.73. The minimum absolute atomic E-state index is 0.0178. The Balaban J connectivity index is 1.57. The third-order valence-corrected chi connectivity index (χ3v) is 7.73. The van der Waals surface area contributed by atoms with Gasteiger partial charge in [-0.1, -0.05) is 73.5 Å². The largest absolute Gasteiger partial charge is 0.308 e. The fourth-order valence-corrected chi connectivity index (χ4v) is 6.40. The van der Waals surface area contributed by atoms with E-state index in [1.807, 2.05) is 30.3 Å². The highest BCUT2D eigenvalue weighted by atomic mass is 15.0. The first kappa shape index (κ1) is 24.3. The van der Waals surface area contributed by atoms with Gasteiger partial charge in [-0.15, -0.1) is 0 Å². The average molecular weight is 506 g/mol. The Morgan fingerprint density at radius 1 is 0.821 bits per heavy atom. The molecule has 6 rings (SSSR count). The van der Waals surface area contributed by atoms with Crippen molar-refractivity contribution in [3.05, 3.63) is 113 Å². The average Bonchev–Trinajstić information content (AvgIpc) is 3.25. The first-order chi connectivity index (χ1) is 18.8. The summed E-state index contributed by atoms with van der Waals surface area (Å²) in [6, 6.07) is 25.4. The van der Waals surface area contributed by atoms with Gasteiger partial charge < -0.3 is 4.57 Å². The van der Waals surface area contributed by atoms with E-state index in [1.54, 1.807) is 12.4 Å². The van der Waals surface area contributed by atoms with E-state index < -0.39 is 0 Å². The standard InChI is InChI=1S/C34H27N5/c1-21-13-22(2)33(34(3,4)16-21)24-9-11-28-27-7-5-6-8-30(27)39(31(28)15-24)29-12-10-23(14-25(29)17-35)26-19-37-32(18-36)38-20-26/h5-16,19-20,33H,1-4H3. The van der Waals surface area contributed by atoms with E-state index in [0.29, 0.717) is 5.56 Å². The second-order valence-corrected chi connectivity index (χ2v) is 10.9. The number of nitriles is 2. The fourth-order valence-electron chi connectivity index (χ4n) is 6.40. The van der Waals surface area contributed by atoms with E-state index in [0.717, 1.165) is 38.6 Å². The summed E-state index contributed by atoms with van der Waals surface area (Å²) in [6.45, 7) is 9.00. The van der Waals surface area contributed by atoms with Crippen LogP contribution < -0.4 is 0 Å². The Bertz CT molecular complexity index is 1920. The van der Waals surface area contributed by atoms with Gasteiger partial charge in [0.2, 0.25) is 5.82 Å². The van der Waals surface area contributed by atoms with Crippen molar-refractivity contribution in [3.63, 3.8) is 0 Å². The summed E-state index contributed by atoms with van der Waals surface area (Å²) in [4.78, 5) is 8.18. The lowest BCUT2D eigenvalue weighted by Crippen LogP contribution is -2.24. The van der Waals surface area contributed by atoms with Crippen LogP contribution in [0.5, 0.6) is 0 Å². The zero-order valence-corrected chi connectivity index (χ0v) is 22.4. The molecule has 1 unspecified atom stereocenters. The molecule has 1 aliphatic rings. The molecule has 0 aliphatic heterocycles. The van der Waals surface area contributed by atoms with Crippen LogP contribution in [0.15, 0.2) is 96.4 Å². The third kappa shape index (κ3) is 4.00. The molecular weight excluding hydrogens is 478 g/mol. The molecule has 5 aromatic rings. The highest BCUT2D eigenvalue weighted by Crippen LogP contribution is 2.47. The van der Waals surface area contributed by atoms with Gasteiger partial charge in [-0.3, -0.25) is 0 Å². The molecule has 0 N–H and O–H groups in total. The number of hydrogen-bond donors (Lipinski definition) is 0. The molecule has 1 atom stereocenters. The van der Waals surface area contributed by atoms with Gasteiger partial charge in [0.25, 0.3) is 0 Å². The van der Waals surface area contributed by atoms with Gasteiger partial charge in [-0.05, 0) is 54.7 Å². The molecular formula is C34H27N5. The summed E-state index contributed by atoms with van der Waals surface area (Å²) < 4.78 is 2.21. The van der Waals surface area contributed by atoms with Gasteiger partial charge >= 0.3 is 0 Å². The summed E-state index contributed by atoms with van der Waals surface area (Å²) in [5.41, 5.74) is 9.00. The SMILES string of the molecule is CC1=CC(C)(C)C(c2ccc3c4ccccc4n(-c4ccc(-c5cnc(C#N)nc5)cc4C#N)c3c2)C(C)=C1. The van der Waals surface area contributed by atoms with E-state index in [4.69, 9.17) is 5.26 Å². The highest BCUT2D eigenvalue weighted by Gasteiger charge is 2.33. The van der Waals surface area contributed by atoms with Crippen LogP contribution in [0.3, 0.4) is 0 Å². The number of allylic oxidation sites excluding steroid dienone is 4. The van der Waals surface area contributed by atoms with Crippen molar-refractivity contribution >= 4 is 21.8 Å². The number of benzene rings is 3. The van der Waals surface area contributed by atoms with Crippen molar-refractivity contribution in [2.45, 2.75) is 33.6 Å². The number of hydrogen-bond acceptors (Lipinski definition) is 4. The monoisotopic (exact) mass is 505 g/mol. The maximum Gasteiger partial charge on any atom is 0.232 e. The van der Waals surface area contributed by atoms with Crippen molar-refractivity contribution in [2.75, 3.05) is 0 Å². The van der Waals surface area contributed by atoms with Crippen molar-refractivity contribution in [1.29, 1.82) is 10.5 Å². The summed E-state index contributed by atoms with van der Waals surface area (Å²) in [6.07, 6.45) is 7.89. The molecule has 39 heavy (non-hydrogen) atoms. The number of fused-ring (bicyclic) bond motifs is 3. The molecule has 0 radical (unpaired) electrons. The van der Waals surface area contributed by atoms with Crippen molar-refractivity contribution in [2.24, 2.45) is 5.41 Å². The zero-order valence-electron chi connectivity index (χ0n) is 22.4. The minimum atomic E-state index is -0.0178. The molecule has 2 heterocycles. The van der Waals surface area contributed by atoms with E-state index in [2.05, 4.69) is 96.8 Å². The van der Waals surface area contributed by atoms with E-state index >= 15 is 0 Å². The lowest BCUT2D eigenvalue weighted by Gasteiger charge is -2.36. The minimum Gasteiger partial charge on any atom is -0.308 e. The molecule has 188 valence electrons. The second-order valence-electron chi connectivity index (χ2n) is 10.9. The Morgan fingerprint density at radius 2 is 1.56 bits per heavy atom. The van der Waals surface area contributed by atoms with E-state index in [-0.39, 0.29) is 17.2 Å². The van der Waals surface area contributed by atoms with Crippen LogP contribution in [0.2, 0.25) is 0 Å². The lowest BCUT2D eigenvalue weighted by molar-refractivity contribution is 0.403. The molecule has 3 aromatic carbocycles. The van der Waals surface area contributed by atoms with Crippen molar-refractivity contribution < 1.29 is 0 Å². The topological polar surface area (TPSA) is 78.3 Å². The van der Waals surface area contributed by atoms with Crippen LogP contribution in [0.4, 0.5) is 0 Å². The molecule has 2 aromatic heterocycles. The normalized spacial score (nSPS) is 16.4. The molecule has 5 heteroatoms. The second kappa shape index (κ2) is 9.08. The highest BCUT2D eigenvalue weighted by molar-refractivity contribution is 6.09. The lowest BCUT2D eigenvalue weighted by atomic mass is 9.67. The number of para-hydroxylation sites is 1. The Labute approximate surface area is 228 Å². The smallest absolute Gasteiger partial charge is 0.232 e. The number of rotatable bonds is 3. The summed E-state index contributed by atoms with van der Waals surface area (Å²) in [5, 5.41) is 21.6. The quantitative estimate of drug-likeness (QED) is 0.249. The molecule has 0 saturated heterocycles. The van der Waals surface area contributed by atoms with Crippen molar-refractivity contribution in [3.8, 4) is 29.0 Å². The molecule has 0 amide bonds. The molecule has 0 fully saturated rings. The fraction of sp³-hybridized carbons (Fsp3) is 0.176. The zero-order chi connectivity index (χ0) is 27.3. The predicted molar refractivity (Wildman–Crippen MR) is 155 cm³/mol. The van der Waals surface area contributed by atoms with Crippen LogP contribution in [0.1, 0.15) is 50.6 Å². The first-order valence-corrected chi connectivity index (χ1v) is 13.0. The van der Waals surface area contributed by atoms with Crippen LogP contribution in [0.25, 0.3) is 38.6 Å². The van der Waals surface area contributed by atoms with Gasteiger partial charge in [0.05, 0.1) is 22.3 Å². The van der Waals surface area contributed by atoms with E-state index in [9.17, 15) is 5.26 Å². The van der Waals surface area contributed by atoms with Gasteiger partial charge in [-0.25, -0.2) is 9.97 Å². The number of nitrogens with zero attached hydrogens (tertiary/aromatic N) is 5. The molecule has 0 spiro atoms. The Kier molecular flexibility index (Phi) is 5.67. The maximum absolute atomic E-state index is 10.2. The predicted octanol–water partition coefficient (Wildman–Crippen LogP) is 8.00. The summed E-state index contributed by atoms with van der Waals surface area (Å²) in [5.74, 6) is 0.375. The molecule has 0 bridgehead atoms.